The van der Waals surface area contributed by atoms with E-state index >= 15 is 0 Å². The lowest BCUT2D eigenvalue weighted by atomic mass is 9.78. The molecule has 2 aliphatic rings. The van der Waals surface area contributed by atoms with Gasteiger partial charge in [0.05, 0.1) is 13.7 Å². The van der Waals surface area contributed by atoms with Crippen LogP contribution in [0.15, 0.2) is 29.2 Å². The van der Waals surface area contributed by atoms with Crippen LogP contribution in [0.3, 0.4) is 0 Å². The van der Waals surface area contributed by atoms with Crippen LogP contribution in [-0.2, 0) is 29.1 Å². The molecule has 0 saturated carbocycles. The molecular weight excluding hydrogens is 400 g/mol. The van der Waals surface area contributed by atoms with Crippen LogP contribution in [0.4, 0.5) is 0 Å². The van der Waals surface area contributed by atoms with Gasteiger partial charge in [-0.3, -0.25) is 9.59 Å². The van der Waals surface area contributed by atoms with Crippen LogP contribution in [-0.4, -0.2) is 83.1 Å². The Bertz CT molecular complexity index is 863. The van der Waals surface area contributed by atoms with E-state index in [1.54, 1.807) is 23.1 Å². The molecule has 2 heterocycles. The number of sulfonamides is 1. The predicted octanol–water partition coefficient (Wildman–Crippen LogP) is 0.498. The fraction of sp³-hybridized carbons (Fsp3) is 0.579. The van der Waals surface area contributed by atoms with Crippen molar-refractivity contribution in [3.63, 3.8) is 0 Å². The van der Waals surface area contributed by atoms with Crippen molar-refractivity contribution in [2.24, 2.45) is 5.41 Å². The topological polar surface area (TPSA) is 102 Å². The number of rotatable bonds is 4. The van der Waals surface area contributed by atoms with Gasteiger partial charge in [-0.2, -0.15) is 4.31 Å². The summed E-state index contributed by atoms with van der Waals surface area (Å²) < 4.78 is 43.3. The van der Waals surface area contributed by atoms with Crippen LogP contribution in [0.2, 0.25) is 0 Å². The predicted molar refractivity (Wildman–Crippen MR) is 103 cm³/mol. The van der Waals surface area contributed by atoms with Gasteiger partial charge in [0.2, 0.25) is 15.9 Å². The molecule has 0 atom stereocenters. The molecule has 0 unspecified atom stereocenters. The van der Waals surface area contributed by atoms with Gasteiger partial charge in [-0.1, -0.05) is 12.1 Å². The minimum atomic E-state index is -3.95. The number of methoxy groups -OCH3 is 2. The van der Waals surface area contributed by atoms with Crippen LogP contribution in [0.5, 0.6) is 5.75 Å². The highest BCUT2D eigenvalue weighted by atomic mass is 32.2. The number of hydrogen-bond donors (Lipinski definition) is 0. The lowest BCUT2D eigenvalue weighted by Gasteiger charge is -2.44. The Labute approximate surface area is 170 Å². The zero-order valence-electron chi connectivity index (χ0n) is 16.6. The van der Waals surface area contributed by atoms with Crippen molar-refractivity contribution in [1.29, 1.82) is 0 Å². The number of esters is 1. The molecule has 1 aromatic carbocycles. The van der Waals surface area contributed by atoms with Crippen LogP contribution in [0.25, 0.3) is 0 Å². The molecule has 29 heavy (non-hydrogen) atoms. The summed E-state index contributed by atoms with van der Waals surface area (Å²) in [6, 6.07) is 6.41. The smallest absolute Gasteiger partial charge is 0.321 e. The Morgan fingerprint density at radius 3 is 2.52 bits per heavy atom. The van der Waals surface area contributed by atoms with Crippen molar-refractivity contribution >= 4 is 21.9 Å². The Kier molecular flexibility index (Phi) is 6.45. The van der Waals surface area contributed by atoms with Crippen LogP contribution in [0, 0.1) is 5.41 Å². The lowest BCUT2D eigenvalue weighted by Crippen LogP contribution is -2.53. The summed E-state index contributed by atoms with van der Waals surface area (Å²) in [5.74, 6) is -0.465. The first-order valence-electron chi connectivity index (χ1n) is 9.37. The highest BCUT2D eigenvalue weighted by molar-refractivity contribution is 7.89. The first-order valence-corrected chi connectivity index (χ1v) is 10.8. The van der Waals surface area contributed by atoms with Crippen molar-refractivity contribution in [3.8, 4) is 5.75 Å². The normalized spacial score (nSPS) is 20.8. The van der Waals surface area contributed by atoms with E-state index < -0.39 is 21.4 Å². The number of amides is 1. The molecular formula is C19H26N2O7S. The summed E-state index contributed by atoms with van der Waals surface area (Å²) in [6.45, 7) is 0.994. The summed E-state index contributed by atoms with van der Waals surface area (Å²) in [7, 11) is -1.26. The second-order valence-corrected chi connectivity index (χ2v) is 9.30. The molecule has 160 valence electrons. The molecule has 1 aromatic rings. The number of likely N-dealkylation sites (tertiary alicyclic amines) is 1. The van der Waals surface area contributed by atoms with Crippen molar-refractivity contribution in [2.75, 3.05) is 53.6 Å². The molecule has 0 aliphatic carbocycles. The Morgan fingerprint density at radius 2 is 1.86 bits per heavy atom. The second kappa shape index (κ2) is 8.68. The summed E-state index contributed by atoms with van der Waals surface area (Å²) in [4.78, 5) is 25.8. The number of benzene rings is 1. The van der Waals surface area contributed by atoms with E-state index in [9.17, 15) is 18.0 Å². The van der Waals surface area contributed by atoms with Gasteiger partial charge in [0, 0.05) is 32.2 Å². The zero-order chi connectivity index (χ0) is 21.1. The number of carbonyl (C=O) groups excluding carboxylic acids is 2. The molecule has 9 nitrogen and oxygen atoms in total. The van der Waals surface area contributed by atoms with E-state index in [4.69, 9.17) is 14.2 Å². The highest BCUT2D eigenvalue weighted by Gasteiger charge is 2.44. The average Bonchev–Trinajstić information content (AvgIpc) is 2.72. The van der Waals surface area contributed by atoms with Crippen molar-refractivity contribution < 1.29 is 32.2 Å². The number of nitrogens with zero attached hydrogens (tertiary/aromatic N) is 2. The molecule has 0 aromatic heterocycles. The van der Waals surface area contributed by atoms with Gasteiger partial charge in [0.25, 0.3) is 0 Å². The van der Waals surface area contributed by atoms with Gasteiger partial charge in [-0.15, -0.1) is 0 Å². The number of hydrogen-bond acceptors (Lipinski definition) is 7. The maximum Gasteiger partial charge on any atom is 0.321 e. The van der Waals surface area contributed by atoms with E-state index in [1.165, 1.54) is 24.6 Å². The second-order valence-electron chi connectivity index (χ2n) is 7.40. The molecule has 1 amide bonds. The van der Waals surface area contributed by atoms with Gasteiger partial charge in [-0.25, -0.2) is 8.42 Å². The van der Waals surface area contributed by atoms with Crippen LogP contribution >= 0.6 is 0 Å². The Morgan fingerprint density at radius 1 is 1.17 bits per heavy atom. The fourth-order valence-electron chi connectivity index (χ4n) is 3.75. The molecule has 0 N–H and O–H groups in total. The first kappa shape index (κ1) is 21.5. The summed E-state index contributed by atoms with van der Waals surface area (Å²) in [5, 5.41) is 0. The van der Waals surface area contributed by atoms with E-state index in [2.05, 4.69) is 0 Å². The minimum Gasteiger partial charge on any atom is -0.492 e. The number of para-hydroxylation sites is 1. The third-order valence-corrected chi connectivity index (χ3v) is 7.32. The zero-order valence-corrected chi connectivity index (χ0v) is 17.4. The van der Waals surface area contributed by atoms with E-state index in [-0.39, 0.29) is 36.2 Å². The molecule has 10 heteroatoms. The number of piperidine rings is 1. The number of ether oxygens (including phenoxy) is 3. The molecule has 3 rings (SSSR count). The van der Waals surface area contributed by atoms with E-state index in [0.717, 1.165) is 0 Å². The Balaban J connectivity index is 1.90. The van der Waals surface area contributed by atoms with Gasteiger partial charge >= 0.3 is 5.97 Å². The molecule has 0 bridgehead atoms. The standard InChI is InChI=1S/C19H26N2O7S/c1-26-12-17(22)20-9-7-19(8-10-20)13-21(11-18(23)27-2)29(24,25)16-6-4-3-5-15(16)28-14-19/h3-6H,7-14H2,1-2H3. The van der Waals surface area contributed by atoms with Crippen molar-refractivity contribution in [2.45, 2.75) is 17.7 Å². The molecule has 2 aliphatic heterocycles. The van der Waals surface area contributed by atoms with Crippen LogP contribution in [0.1, 0.15) is 12.8 Å². The van der Waals surface area contributed by atoms with Crippen molar-refractivity contribution in [1.82, 2.24) is 9.21 Å². The maximum absolute atomic E-state index is 13.3. The Hall–Kier alpha value is -2.17. The highest BCUT2D eigenvalue weighted by Crippen LogP contribution is 2.39. The largest absolute Gasteiger partial charge is 0.492 e. The average molecular weight is 426 g/mol. The summed E-state index contributed by atoms with van der Waals surface area (Å²) >= 11 is 0. The number of carbonyl (C=O) groups is 2. The van der Waals surface area contributed by atoms with Crippen LogP contribution < -0.4 is 4.74 Å². The quantitative estimate of drug-likeness (QED) is 0.646. The third kappa shape index (κ3) is 4.54. The monoisotopic (exact) mass is 426 g/mol. The van der Waals surface area contributed by atoms with Gasteiger partial charge < -0.3 is 19.1 Å². The molecule has 1 fully saturated rings. The summed E-state index contributed by atoms with van der Waals surface area (Å²) in [5.41, 5.74) is -0.515. The SMILES string of the molecule is COCC(=O)N1CCC2(CC1)COc1ccccc1S(=O)(=O)N(CC(=O)OC)C2. The number of fused-ring (bicyclic) bond motifs is 1. The third-order valence-electron chi connectivity index (χ3n) is 5.49. The van der Waals surface area contributed by atoms with Gasteiger partial charge in [0.15, 0.2) is 0 Å². The van der Waals surface area contributed by atoms with Gasteiger partial charge in [0.1, 0.15) is 23.8 Å². The maximum atomic E-state index is 13.3. The first-order chi connectivity index (χ1) is 13.8. The molecule has 1 spiro atoms. The minimum absolute atomic E-state index is 0.0136. The molecule has 0 radical (unpaired) electrons. The van der Waals surface area contributed by atoms with Crippen molar-refractivity contribution in [3.05, 3.63) is 24.3 Å². The lowest BCUT2D eigenvalue weighted by molar-refractivity contribution is -0.141. The van der Waals surface area contributed by atoms with Gasteiger partial charge in [-0.05, 0) is 25.0 Å². The molecule has 1 saturated heterocycles. The fourth-order valence-corrected chi connectivity index (χ4v) is 5.38. The van der Waals surface area contributed by atoms with E-state index in [1.807, 2.05) is 0 Å². The van der Waals surface area contributed by atoms with E-state index in [0.29, 0.717) is 32.5 Å². The summed E-state index contributed by atoms with van der Waals surface area (Å²) in [6.07, 6.45) is 1.11.